The fourth-order valence-corrected chi connectivity index (χ4v) is 3.52. The average molecular weight is 432 g/mol. The smallest absolute Gasteiger partial charge is 0.242 e. The molecule has 1 aromatic rings. The first kappa shape index (κ1) is 25.0. The summed E-state index contributed by atoms with van der Waals surface area (Å²) < 4.78 is 5.71. The lowest BCUT2D eigenvalue weighted by Crippen LogP contribution is -2.42. The van der Waals surface area contributed by atoms with Crippen LogP contribution in [0.15, 0.2) is 29.3 Å². The van der Waals surface area contributed by atoms with E-state index in [1.807, 2.05) is 58.9 Å². The average Bonchev–Trinajstić information content (AvgIpc) is 2.67. The van der Waals surface area contributed by atoms with E-state index in [0.29, 0.717) is 5.96 Å². The van der Waals surface area contributed by atoms with Crippen LogP contribution in [0.1, 0.15) is 53.9 Å². The van der Waals surface area contributed by atoms with E-state index >= 15 is 0 Å². The van der Waals surface area contributed by atoms with E-state index in [0.717, 1.165) is 30.3 Å². The largest absolute Gasteiger partial charge is 0.491 e. The molecule has 0 aliphatic carbocycles. The SMILES string of the molecule is CC(C)Oc1ccc(NC(=NCC(=O)NC(C)(C)C)NCCC2CCN(C)CC2)cc1. The van der Waals surface area contributed by atoms with Gasteiger partial charge in [0.1, 0.15) is 12.3 Å². The maximum Gasteiger partial charge on any atom is 0.242 e. The van der Waals surface area contributed by atoms with Crippen molar-refractivity contribution in [3.05, 3.63) is 24.3 Å². The summed E-state index contributed by atoms with van der Waals surface area (Å²) in [6, 6.07) is 7.79. The quantitative estimate of drug-likeness (QED) is 0.434. The van der Waals surface area contributed by atoms with Crippen LogP contribution >= 0.6 is 0 Å². The Hall–Kier alpha value is -2.28. The molecule has 174 valence electrons. The van der Waals surface area contributed by atoms with Crippen LogP contribution in [0.4, 0.5) is 5.69 Å². The molecule has 1 aliphatic heterocycles. The van der Waals surface area contributed by atoms with Crippen molar-refractivity contribution in [2.45, 2.75) is 65.5 Å². The third kappa shape index (κ3) is 10.5. The van der Waals surface area contributed by atoms with Gasteiger partial charge in [-0.25, -0.2) is 4.99 Å². The summed E-state index contributed by atoms with van der Waals surface area (Å²) in [6.07, 6.45) is 3.72. The van der Waals surface area contributed by atoms with Crippen molar-refractivity contribution in [1.82, 2.24) is 15.5 Å². The van der Waals surface area contributed by atoms with Gasteiger partial charge in [-0.2, -0.15) is 0 Å². The summed E-state index contributed by atoms with van der Waals surface area (Å²) in [7, 11) is 2.18. The molecule has 0 saturated carbocycles. The van der Waals surface area contributed by atoms with Crippen LogP contribution < -0.4 is 20.7 Å². The Morgan fingerprint density at radius 3 is 2.42 bits per heavy atom. The Labute approximate surface area is 188 Å². The Kier molecular flexibility index (Phi) is 9.62. The van der Waals surface area contributed by atoms with Gasteiger partial charge in [-0.1, -0.05) is 0 Å². The molecule has 1 saturated heterocycles. The van der Waals surface area contributed by atoms with Crippen molar-refractivity contribution in [2.75, 3.05) is 38.5 Å². The van der Waals surface area contributed by atoms with Crippen LogP contribution in [0.25, 0.3) is 0 Å². The predicted molar refractivity (Wildman–Crippen MR) is 129 cm³/mol. The Morgan fingerprint density at radius 2 is 1.84 bits per heavy atom. The minimum Gasteiger partial charge on any atom is -0.491 e. The first-order valence-electron chi connectivity index (χ1n) is 11.4. The zero-order valence-electron chi connectivity index (χ0n) is 20.1. The summed E-state index contributed by atoms with van der Waals surface area (Å²) in [5.74, 6) is 2.10. The van der Waals surface area contributed by atoms with Gasteiger partial charge >= 0.3 is 0 Å². The maximum atomic E-state index is 12.2. The lowest BCUT2D eigenvalue weighted by Gasteiger charge is -2.29. The summed E-state index contributed by atoms with van der Waals surface area (Å²) >= 11 is 0. The number of aliphatic imine (C=N–C) groups is 1. The molecule has 0 bridgehead atoms. The number of nitrogens with one attached hydrogen (secondary N) is 3. The number of amides is 1. The number of carbonyl (C=O) groups is 1. The van der Waals surface area contributed by atoms with Gasteiger partial charge in [0.15, 0.2) is 5.96 Å². The van der Waals surface area contributed by atoms with Gasteiger partial charge in [0.2, 0.25) is 5.91 Å². The minimum atomic E-state index is -0.270. The van der Waals surface area contributed by atoms with Crippen LogP contribution in [0.3, 0.4) is 0 Å². The first-order chi connectivity index (χ1) is 14.6. The van der Waals surface area contributed by atoms with Gasteiger partial charge in [0, 0.05) is 17.8 Å². The highest BCUT2D eigenvalue weighted by atomic mass is 16.5. The lowest BCUT2D eigenvalue weighted by atomic mass is 9.94. The Bertz CT molecular complexity index is 702. The predicted octanol–water partition coefficient (Wildman–Crippen LogP) is 3.48. The van der Waals surface area contributed by atoms with Crippen molar-refractivity contribution in [1.29, 1.82) is 0 Å². The van der Waals surface area contributed by atoms with Gasteiger partial charge in [-0.05, 0) is 104 Å². The lowest BCUT2D eigenvalue weighted by molar-refractivity contribution is -0.121. The first-order valence-corrected chi connectivity index (χ1v) is 11.4. The molecular weight excluding hydrogens is 390 g/mol. The van der Waals surface area contributed by atoms with E-state index in [-0.39, 0.29) is 24.1 Å². The third-order valence-electron chi connectivity index (χ3n) is 5.07. The second-order valence-corrected chi connectivity index (χ2v) is 9.74. The minimum absolute atomic E-state index is 0.0787. The number of piperidine rings is 1. The van der Waals surface area contributed by atoms with Crippen molar-refractivity contribution in [2.24, 2.45) is 10.9 Å². The molecule has 1 aliphatic rings. The summed E-state index contributed by atoms with van der Waals surface area (Å²) in [6.45, 7) is 13.2. The fraction of sp³-hybridized carbons (Fsp3) is 0.667. The third-order valence-corrected chi connectivity index (χ3v) is 5.07. The second-order valence-electron chi connectivity index (χ2n) is 9.74. The molecule has 1 aromatic carbocycles. The van der Waals surface area contributed by atoms with Crippen molar-refractivity contribution in [3.63, 3.8) is 0 Å². The molecule has 1 fully saturated rings. The van der Waals surface area contributed by atoms with E-state index in [1.54, 1.807) is 0 Å². The van der Waals surface area contributed by atoms with Crippen molar-refractivity contribution in [3.8, 4) is 5.75 Å². The highest BCUT2D eigenvalue weighted by molar-refractivity contribution is 5.95. The van der Waals surface area contributed by atoms with E-state index in [2.05, 4.69) is 32.9 Å². The van der Waals surface area contributed by atoms with Gasteiger partial charge in [-0.15, -0.1) is 0 Å². The number of nitrogens with zero attached hydrogens (tertiary/aromatic N) is 2. The summed E-state index contributed by atoms with van der Waals surface area (Å²) in [4.78, 5) is 19.1. The normalized spacial score (nSPS) is 16.3. The van der Waals surface area contributed by atoms with Crippen LogP contribution in [0, 0.1) is 5.92 Å². The monoisotopic (exact) mass is 431 g/mol. The highest BCUT2D eigenvalue weighted by Gasteiger charge is 2.17. The maximum absolute atomic E-state index is 12.2. The van der Waals surface area contributed by atoms with Crippen molar-refractivity contribution >= 4 is 17.6 Å². The highest BCUT2D eigenvalue weighted by Crippen LogP contribution is 2.19. The Morgan fingerprint density at radius 1 is 1.19 bits per heavy atom. The fourth-order valence-electron chi connectivity index (χ4n) is 3.52. The van der Waals surface area contributed by atoms with Crippen LogP contribution in [0.2, 0.25) is 0 Å². The molecule has 0 aromatic heterocycles. The standard InChI is InChI=1S/C24H41N5O2/c1-18(2)31-21-9-7-20(8-10-21)27-23(26-17-22(30)28-24(3,4)5)25-14-11-19-12-15-29(6)16-13-19/h7-10,18-19H,11-17H2,1-6H3,(H,28,30)(H2,25,26,27). The number of rotatable bonds is 8. The number of benzene rings is 1. The Balaban J connectivity index is 1.95. The van der Waals surface area contributed by atoms with E-state index in [1.165, 1.54) is 25.9 Å². The molecule has 3 N–H and O–H groups in total. The summed E-state index contributed by atoms with van der Waals surface area (Å²) in [5, 5.41) is 9.68. The molecule has 7 heteroatoms. The molecule has 31 heavy (non-hydrogen) atoms. The van der Waals surface area contributed by atoms with E-state index in [9.17, 15) is 4.79 Å². The van der Waals surface area contributed by atoms with Crippen LogP contribution in [0.5, 0.6) is 5.75 Å². The van der Waals surface area contributed by atoms with Gasteiger partial charge in [0.05, 0.1) is 6.10 Å². The van der Waals surface area contributed by atoms with E-state index < -0.39 is 0 Å². The molecule has 1 heterocycles. The number of guanidine groups is 1. The summed E-state index contributed by atoms with van der Waals surface area (Å²) in [5.41, 5.74) is 0.631. The number of anilines is 1. The molecule has 1 amide bonds. The molecular formula is C24H41N5O2. The molecule has 0 spiro atoms. The number of ether oxygens (including phenoxy) is 1. The van der Waals surface area contributed by atoms with Crippen LogP contribution in [-0.4, -0.2) is 61.6 Å². The van der Waals surface area contributed by atoms with Gasteiger partial charge in [0.25, 0.3) is 0 Å². The number of hydrogen-bond acceptors (Lipinski definition) is 4. The number of carbonyl (C=O) groups excluding carboxylic acids is 1. The van der Waals surface area contributed by atoms with Gasteiger partial charge in [-0.3, -0.25) is 4.79 Å². The molecule has 7 nitrogen and oxygen atoms in total. The molecule has 0 unspecified atom stereocenters. The zero-order valence-corrected chi connectivity index (χ0v) is 20.1. The molecule has 2 rings (SSSR count). The van der Waals surface area contributed by atoms with Gasteiger partial charge < -0.3 is 25.6 Å². The molecule has 0 radical (unpaired) electrons. The van der Waals surface area contributed by atoms with Crippen LogP contribution in [-0.2, 0) is 4.79 Å². The molecule has 0 atom stereocenters. The number of likely N-dealkylation sites (tertiary alicyclic amines) is 1. The van der Waals surface area contributed by atoms with Crippen molar-refractivity contribution < 1.29 is 9.53 Å². The number of hydrogen-bond donors (Lipinski definition) is 3. The second kappa shape index (κ2) is 11.9. The van der Waals surface area contributed by atoms with E-state index in [4.69, 9.17) is 4.74 Å². The zero-order chi connectivity index (χ0) is 22.9. The topological polar surface area (TPSA) is 78.0 Å².